The lowest BCUT2D eigenvalue weighted by molar-refractivity contribution is 0.383. The van der Waals surface area contributed by atoms with E-state index >= 15 is 0 Å². The van der Waals surface area contributed by atoms with E-state index in [1.54, 1.807) is 25.6 Å². The molecule has 0 saturated carbocycles. The Morgan fingerprint density at radius 1 is 1.35 bits per heavy atom. The molecule has 0 aliphatic rings. The average molecular weight is 357 g/mol. The minimum Gasteiger partial charge on any atom is -0.495 e. The second-order valence-corrected chi connectivity index (χ2v) is 6.13. The Morgan fingerprint density at radius 2 is 2.10 bits per heavy atom. The van der Waals surface area contributed by atoms with Crippen LogP contribution in [0.15, 0.2) is 22.0 Å². The molecule has 0 fully saturated rings. The first kappa shape index (κ1) is 15.3. The van der Waals surface area contributed by atoms with E-state index in [0.29, 0.717) is 12.2 Å². The Balaban J connectivity index is 2.29. The lowest BCUT2D eigenvalue weighted by atomic mass is 10.0. The molecule has 2 rings (SSSR count). The third-order valence-electron chi connectivity index (χ3n) is 2.98. The number of methoxy groups -OCH3 is 2. The van der Waals surface area contributed by atoms with Crippen molar-refractivity contribution in [3.8, 4) is 11.5 Å². The number of nitrogens with zero attached hydrogens (tertiary/aromatic N) is 1. The van der Waals surface area contributed by atoms with Crippen LogP contribution in [-0.4, -0.2) is 19.2 Å². The van der Waals surface area contributed by atoms with Crippen LogP contribution in [0, 0.1) is 6.92 Å². The molecule has 2 aromatic rings. The lowest BCUT2D eigenvalue weighted by Gasteiger charge is -2.17. The molecule has 6 heteroatoms. The number of hydrogen-bond acceptors (Lipinski definition) is 5. The van der Waals surface area contributed by atoms with Gasteiger partial charge in [0.1, 0.15) is 16.0 Å². The van der Waals surface area contributed by atoms with Crippen molar-refractivity contribution in [2.75, 3.05) is 14.2 Å². The van der Waals surface area contributed by atoms with E-state index in [1.165, 1.54) is 0 Å². The molecule has 0 bridgehead atoms. The van der Waals surface area contributed by atoms with Crippen LogP contribution in [0.2, 0.25) is 0 Å². The number of nitrogens with two attached hydrogens (primary N) is 1. The molecule has 108 valence electrons. The van der Waals surface area contributed by atoms with E-state index < -0.39 is 0 Å². The maximum absolute atomic E-state index is 6.30. The highest BCUT2D eigenvalue weighted by atomic mass is 79.9. The van der Waals surface area contributed by atoms with Crippen LogP contribution < -0.4 is 15.2 Å². The minimum atomic E-state index is -0.169. The SMILES string of the molecule is COc1ccc(C(N)Cc2nc(C)cs2)c(OC)c1Br. The highest BCUT2D eigenvalue weighted by Crippen LogP contribution is 2.39. The standard InChI is InChI=1S/C14H17BrN2O2S/c1-8-7-20-12(17-8)6-10(16)9-4-5-11(18-2)13(15)14(9)19-3/h4-5,7,10H,6,16H2,1-3H3. The van der Waals surface area contributed by atoms with E-state index in [9.17, 15) is 0 Å². The molecule has 20 heavy (non-hydrogen) atoms. The Bertz CT molecular complexity index is 601. The Kier molecular flexibility index (Phi) is 5.01. The van der Waals surface area contributed by atoms with Crippen molar-refractivity contribution in [2.45, 2.75) is 19.4 Å². The van der Waals surface area contributed by atoms with Gasteiger partial charge < -0.3 is 15.2 Å². The fourth-order valence-electron chi connectivity index (χ4n) is 2.00. The molecule has 4 nitrogen and oxygen atoms in total. The first-order chi connectivity index (χ1) is 9.56. The van der Waals surface area contributed by atoms with Crippen molar-refractivity contribution in [2.24, 2.45) is 5.73 Å². The quantitative estimate of drug-likeness (QED) is 0.890. The topological polar surface area (TPSA) is 57.4 Å². The zero-order valence-electron chi connectivity index (χ0n) is 11.6. The number of rotatable bonds is 5. The summed E-state index contributed by atoms with van der Waals surface area (Å²) in [4.78, 5) is 4.45. The summed E-state index contributed by atoms with van der Waals surface area (Å²) in [5, 5.41) is 3.06. The van der Waals surface area contributed by atoms with Gasteiger partial charge in [0.25, 0.3) is 0 Å². The van der Waals surface area contributed by atoms with Crippen molar-refractivity contribution in [3.63, 3.8) is 0 Å². The molecular formula is C14H17BrN2O2S. The molecule has 1 unspecified atom stereocenters. The van der Waals surface area contributed by atoms with Crippen molar-refractivity contribution in [1.82, 2.24) is 4.98 Å². The van der Waals surface area contributed by atoms with Gasteiger partial charge in [-0.2, -0.15) is 0 Å². The van der Waals surface area contributed by atoms with Gasteiger partial charge in [-0.1, -0.05) is 0 Å². The first-order valence-electron chi connectivity index (χ1n) is 6.13. The van der Waals surface area contributed by atoms with Gasteiger partial charge in [-0.3, -0.25) is 0 Å². The number of halogens is 1. The molecule has 0 radical (unpaired) electrons. The third-order valence-corrected chi connectivity index (χ3v) is 4.72. The number of benzene rings is 1. The molecule has 2 N–H and O–H groups in total. The van der Waals surface area contributed by atoms with Crippen LogP contribution in [0.25, 0.3) is 0 Å². The third kappa shape index (κ3) is 3.13. The van der Waals surface area contributed by atoms with Crippen LogP contribution in [0.4, 0.5) is 0 Å². The summed E-state index contributed by atoms with van der Waals surface area (Å²) in [7, 11) is 3.25. The number of aromatic nitrogens is 1. The van der Waals surface area contributed by atoms with Crippen molar-refractivity contribution in [3.05, 3.63) is 38.3 Å². The van der Waals surface area contributed by atoms with Crippen molar-refractivity contribution in [1.29, 1.82) is 0 Å². The van der Waals surface area contributed by atoms with Gasteiger partial charge in [-0.05, 0) is 35.0 Å². The predicted octanol–water partition coefficient (Wildman–Crippen LogP) is 3.47. The van der Waals surface area contributed by atoms with Crippen LogP contribution >= 0.6 is 27.3 Å². The van der Waals surface area contributed by atoms with E-state index in [2.05, 4.69) is 20.9 Å². The van der Waals surface area contributed by atoms with Crippen molar-refractivity contribution < 1.29 is 9.47 Å². The molecular weight excluding hydrogens is 340 g/mol. The van der Waals surface area contributed by atoms with E-state index in [-0.39, 0.29) is 6.04 Å². The minimum absolute atomic E-state index is 0.169. The van der Waals surface area contributed by atoms with E-state index in [1.807, 2.05) is 24.4 Å². The number of ether oxygens (including phenoxy) is 2. The largest absolute Gasteiger partial charge is 0.495 e. The molecule has 0 spiro atoms. The van der Waals surface area contributed by atoms with Gasteiger partial charge >= 0.3 is 0 Å². The zero-order chi connectivity index (χ0) is 14.7. The molecule has 1 aromatic carbocycles. The summed E-state index contributed by atoms with van der Waals surface area (Å²) in [5.74, 6) is 1.44. The predicted molar refractivity (Wildman–Crippen MR) is 84.7 cm³/mol. The summed E-state index contributed by atoms with van der Waals surface area (Å²) < 4.78 is 11.5. The number of aryl methyl sites for hydroxylation is 1. The Hall–Kier alpha value is -1.11. The highest BCUT2D eigenvalue weighted by molar-refractivity contribution is 9.10. The van der Waals surface area contributed by atoms with Crippen LogP contribution in [0.1, 0.15) is 22.3 Å². The Labute approximate surface area is 131 Å². The zero-order valence-corrected chi connectivity index (χ0v) is 14.0. The average Bonchev–Trinajstić information content (AvgIpc) is 2.83. The lowest BCUT2D eigenvalue weighted by Crippen LogP contribution is -2.14. The first-order valence-corrected chi connectivity index (χ1v) is 7.81. The van der Waals surface area contributed by atoms with Gasteiger partial charge in [-0.15, -0.1) is 11.3 Å². The van der Waals surface area contributed by atoms with Gasteiger partial charge in [0, 0.05) is 29.1 Å². The van der Waals surface area contributed by atoms with Crippen LogP contribution in [0.3, 0.4) is 0 Å². The number of thiazole rings is 1. The summed E-state index contributed by atoms with van der Waals surface area (Å²) in [6.45, 7) is 1.98. The van der Waals surface area contributed by atoms with E-state index in [0.717, 1.165) is 26.5 Å². The highest BCUT2D eigenvalue weighted by Gasteiger charge is 2.19. The van der Waals surface area contributed by atoms with Gasteiger partial charge in [-0.25, -0.2) is 4.98 Å². The van der Waals surface area contributed by atoms with E-state index in [4.69, 9.17) is 15.2 Å². The summed E-state index contributed by atoms with van der Waals surface area (Å²) in [6.07, 6.45) is 0.688. The second-order valence-electron chi connectivity index (χ2n) is 4.40. The van der Waals surface area contributed by atoms with Gasteiger partial charge in [0.05, 0.1) is 19.2 Å². The van der Waals surface area contributed by atoms with Gasteiger partial charge in [0.2, 0.25) is 0 Å². The van der Waals surface area contributed by atoms with Gasteiger partial charge in [0.15, 0.2) is 0 Å². The van der Waals surface area contributed by atoms with Crippen molar-refractivity contribution >= 4 is 27.3 Å². The molecule has 1 atom stereocenters. The number of hydrogen-bond donors (Lipinski definition) is 1. The molecule has 1 heterocycles. The van der Waals surface area contributed by atoms with Crippen LogP contribution in [-0.2, 0) is 6.42 Å². The maximum atomic E-state index is 6.30. The fraction of sp³-hybridized carbons (Fsp3) is 0.357. The summed E-state index contributed by atoms with van der Waals surface area (Å²) >= 11 is 5.12. The molecule has 0 amide bonds. The monoisotopic (exact) mass is 356 g/mol. The normalized spacial score (nSPS) is 12.2. The molecule has 0 aliphatic heterocycles. The molecule has 1 aromatic heterocycles. The van der Waals surface area contributed by atoms with Crippen LogP contribution in [0.5, 0.6) is 11.5 Å². The molecule has 0 saturated heterocycles. The molecule has 0 aliphatic carbocycles. The maximum Gasteiger partial charge on any atom is 0.141 e. The Morgan fingerprint density at radius 3 is 2.65 bits per heavy atom. The fourth-order valence-corrected chi connectivity index (χ4v) is 3.52. The second kappa shape index (κ2) is 6.56. The summed E-state index contributed by atoms with van der Waals surface area (Å²) in [6, 6.07) is 3.65. The summed E-state index contributed by atoms with van der Waals surface area (Å²) in [5.41, 5.74) is 8.26. The smallest absolute Gasteiger partial charge is 0.141 e.